The highest BCUT2D eigenvalue weighted by molar-refractivity contribution is 7.13. The number of carbonyl (C=O) groups excluding carboxylic acids is 1. The van der Waals surface area contributed by atoms with Crippen LogP contribution >= 0.6 is 11.3 Å². The molecule has 9 heteroatoms. The Bertz CT molecular complexity index is 1420. The van der Waals surface area contributed by atoms with Crippen LogP contribution in [0, 0.1) is 6.92 Å². The molecule has 0 bridgehead atoms. The van der Waals surface area contributed by atoms with Crippen LogP contribution in [-0.4, -0.2) is 47.4 Å². The highest BCUT2D eigenvalue weighted by atomic mass is 32.1. The summed E-state index contributed by atoms with van der Waals surface area (Å²) in [7, 11) is 3.69. The van der Waals surface area contributed by atoms with E-state index in [9.17, 15) is 4.79 Å². The molecule has 0 spiro atoms. The van der Waals surface area contributed by atoms with Gasteiger partial charge in [-0.25, -0.2) is 14.6 Å². The third-order valence-corrected chi connectivity index (χ3v) is 6.83. The van der Waals surface area contributed by atoms with E-state index in [1.54, 1.807) is 31.9 Å². The van der Waals surface area contributed by atoms with E-state index in [1.807, 2.05) is 75.8 Å². The number of hydrogen-bond donors (Lipinski definition) is 0. The number of aromatic nitrogens is 6. The van der Waals surface area contributed by atoms with Gasteiger partial charge >= 0.3 is 0 Å². The first-order valence-electron chi connectivity index (χ1n) is 10.5. The SMILES string of the molecule is Cc1nn(C)c2nc(-c3cccs3)cc(C(=O)N(C)C(C)c3ccc(-n4cncn4)cc3)c12. The lowest BCUT2D eigenvalue weighted by atomic mass is 10.0. The summed E-state index contributed by atoms with van der Waals surface area (Å²) in [5.74, 6) is -0.0656. The van der Waals surface area contributed by atoms with Crippen LogP contribution in [0.25, 0.3) is 27.3 Å². The van der Waals surface area contributed by atoms with Gasteiger partial charge in [0, 0.05) is 14.1 Å². The number of benzene rings is 1. The average Bonchev–Trinajstić information content (AvgIpc) is 3.60. The molecule has 166 valence electrons. The molecule has 1 atom stereocenters. The predicted molar refractivity (Wildman–Crippen MR) is 128 cm³/mol. The second-order valence-corrected chi connectivity index (χ2v) is 8.91. The number of carbonyl (C=O) groups is 1. The molecule has 0 saturated carbocycles. The molecule has 0 saturated heterocycles. The lowest BCUT2D eigenvalue weighted by Gasteiger charge is -2.26. The molecular formula is C24H23N7OS. The van der Waals surface area contributed by atoms with Crippen molar-refractivity contribution in [2.75, 3.05) is 7.05 Å². The van der Waals surface area contributed by atoms with Gasteiger partial charge in [0.25, 0.3) is 5.91 Å². The van der Waals surface area contributed by atoms with Gasteiger partial charge in [0.05, 0.1) is 38.9 Å². The summed E-state index contributed by atoms with van der Waals surface area (Å²) in [5, 5.41) is 11.5. The molecule has 5 rings (SSSR count). The van der Waals surface area contributed by atoms with Gasteiger partial charge in [0.15, 0.2) is 5.65 Å². The number of fused-ring (bicyclic) bond motifs is 1. The number of hydrogen-bond acceptors (Lipinski definition) is 6. The van der Waals surface area contributed by atoms with E-state index in [0.29, 0.717) is 11.2 Å². The number of pyridine rings is 1. The molecule has 0 aliphatic rings. The molecule has 0 fully saturated rings. The van der Waals surface area contributed by atoms with Crippen molar-refractivity contribution >= 4 is 28.3 Å². The first-order chi connectivity index (χ1) is 15.9. The van der Waals surface area contributed by atoms with Crippen LogP contribution in [0.4, 0.5) is 0 Å². The second kappa shape index (κ2) is 8.25. The van der Waals surface area contributed by atoms with E-state index in [4.69, 9.17) is 4.98 Å². The van der Waals surface area contributed by atoms with E-state index in [2.05, 4.69) is 15.2 Å². The Kier molecular flexibility index (Phi) is 5.26. The summed E-state index contributed by atoms with van der Waals surface area (Å²) in [6.45, 7) is 3.94. The largest absolute Gasteiger partial charge is 0.335 e. The third-order valence-electron chi connectivity index (χ3n) is 5.93. The van der Waals surface area contributed by atoms with Gasteiger partial charge in [-0.3, -0.25) is 9.48 Å². The fourth-order valence-electron chi connectivity index (χ4n) is 4.00. The molecule has 4 aromatic heterocycles. The van der Waals surface area contributed by atoms with Crippen molar-refractivity contribution in [2.24, 2.45) is 7.05 Å². The van der Waals surface area contributed by atoms with E-state index in [-0.39, 0.29) is 11.9 Å². The van der Waals surface area contributed by atoms with Gasteiger partial charge in [-0.05, 0) is 49.1 Å². The average molecular weight is 458 g/mol. The molecule has 1 unspecified atom stereocenters. The van der Waals surface area contributed by atoms with Crippen LogP contribution in [0.2, 0.25) is 0 Å². The highest BCUT2D eigenvalue weighted by Crippen LogP contribution is 2.31. The topological polar surface area (TPSA) is 81.7 Å². The number of thiophene rings is 1. The standard InChI is InChI=1S/C24H23N7OS/c1-15-22-19(12-20(21-6-5-11-33-21)27-23(22)30(4)28-15)24(32)29(3)16(2)17-7-9-18(10-8-17)31-14-25-13-26-31/h5-14,16H,1-4H3. The summed E-state index contributed by atoms with van der Waals surface area (Å²) in [6.07, 6.45) is 3.16. The minimum absolute atomic E-state index is 0.0656. The number of nitrogens with zero attached hydrogens (tertiary/aromatic N) is 7. The van der Waals surface area contributed by atoms with Crippen molar-refractivity contribution in [1.82, 2.24) is 34.4 Å². The summed E-state index contributed by atoms with van der Waals surface area (Å²) in [6, 6.07) is 13.7. The highest BCUT2D eigenvalue weighted by Gasteiger charge is 2.25. The minimum atomic E-state index is -0.132. The van der Waals surface area contributed by atoms with Gasteiger partial charge in [0.1, 0.15) is 12.7 Å². The molecule has 1 amide bonds. The van der Waals surface area contributed by atoms with Gasteiger partial charge in [-0.15, -0.1) is 11.3 Å². The van der Waals surface area contributed by atoms with Gasteiger partial charge in [-0.1, -0.05) is 18.2 Å². The summed E-state index contributed by atoms with van der Waals surface area (Å²) in [5.41, 5.74) is 4.84. The van der Waals surface area contributed by atoms with Crippen LogP contribution in [0.15, 0.2) is 60.5 Å². The maximum Gasteiger partial charge on any atom is 0.254 e. The normalized spacial score (nSPS) is 12.2. The Balaban J connectivity index is 1.51. The van der Waals surface area contributed by atoms with Crippen molar-refractivity contribution < 1.29 is 4.79 Å². The van der Waals surface area contributed by atoms with Crippen LogP contribution in [-0.2, 0) is 7.05 Å². The molecule has 4 heterocycles. The summed E-state index contributed by atoms with van der Waals surface area (Å²) in [4.78, 5) is 25.3. The Hall–Kier alpha value is -3.85. The van der Waals surface area contributed by atoms with Crippen LogP contribution in [0.3, 0.4) is 0 Å². The molecule has 0 aliphatic heterocycles. The van der Waals surface area contributed by atoms with Gasteiger partial charge in [-0.2, -0.15) is 10.2 Å². The Labute approximate surface area is 195 Å². The number of rotatable bonds is 5. The maximum absolute atomic E-state index is 13.8. The van der Waals surface area contributed by atoms with Crippen molar-refractivity contribution in [3.8, 4) is 16.3 Å². The van der Waals surface area contributed by atoms with E-state index >= 15 is 0 Å². The summed E-state index contributed by atoms with van der Waals surface area (Å²) >= 11 is 1.60. The molecular weight excluding hydrogens is 434 g/mol. The third kappa shape index (κ3) is 3.70. The Morgan fingerprint density at radius 3 is 2.64 bits per heavy atom. The lowest BCUT2D eigenvalue weighted by Crippen LogP contribution is -2.30. The Morgan fingerprint density at radius 1 is 1.18 bits per heavy atom. The molecule has 1 aromatic carbocycles. The van der Waals surface area contributed by atoms with Crippen LogP contribution in [0.5, 0.6) is 0 Å². The zero-order valence-electron chi connectivity index (χ0n) is 18.8. The molecule has 0 aliphatic carbocycles. The van der Waals surface area contributed by atoms with Crippen LogP contribution < -0.4 is 0 Å². The van der Waals surface area contributed by atoms with E-state index < -0.39 is 0 Å². The van der Waals surface area contributed by atoms with Crippen LogP contribution in [0.1, 0.15) is 34.6 Å². The predicted octanol–water partition coefficient (Wildman–Crippen LogP) is 4.42. The zero-order chi connectivity index (χ0) is 23.1. The first kappa shape index (κ1) is 21.0. The molecule has 33 heavy (non-hydrogen) atoms. The summed E-state index contributed by atoms with van der Waals surface area (Å²) < 4.78 is 3.44. The number of aryl methyl sites for hydroxylation is 2. The fourth-order valence-corrected chi connectivity index (χ4v) is 4.69. The first-order valence-corrected chi connectivity index (χ1v) is 11.4. The molecule has 0 radical (unpaired) electrons. The second-order valence-electron chi connectivity index (χ2n) is 7.96. The fraction of sp³-hybridized carbons (Fsp3) is 0.208. The van der Waals surface area contributed by atoms with Crippen molar-refractivity contribution in [2.45, 2.75) is 19.9 Å². The Morgan fingerprint density at radius 2 is 1.97 bits per heavy atom. The molecule has 5 aromatic rings. The smallest absolute Gasteiger partial charge is 0.254 e. The lowest BCUT2D eigenvalue weighted by molar-refractivity contribution is 0.0744. The van der Waals surface area contributed by atoms with E-state index in [0.717, 1.165) is 32.9 Å². The van der Waals surface area contributed by atoms with Gasteiger partial charge in [0.2, 0.25) is 0 Å². The maximum atomic E-state index is 13.8. The van der Waals surface area contributed by atoms with Gasteiger partial charge < -0.3 is 4.90 Å². The van der Waals surface area contributed by atoms with E-state index in [1.165, 1.54) is 6.33 Å². The quantitative estimate of drug-likeness (QED) is 0.390. The molecule has 0 N–H and O–H groups in total. The number of amides is 1. The monoisotopic (exact) mass is 457 g/mol. The zero-order valence-corrected chi connectivity index (χ0v) is 19.6. The minimum Gasteiger partial charge on any atom is -0.335 e. The van der Waals surface area contributed by atoms with Crippen molar-refractivity contribution in [3.05, 3.63) is 77.3 Å². The molecule has 8 nitrogen and oxygen atoms in total. The van der Waals surface area contributed by atoms with Crippen molar-refractivity contribution in [3.63, 3.8) is 0 Å². The van der Waals surface area contributed by atoms with Crippen molar-refractivity contribution in [1.29, 1.82) is 0 Å².